The van der Waals surface area contributed by atoms with Crippen LogP contribution in [0.5, 0.6) is 0 Å². The van der Waals surface area contributed by atoms with Crippen LogP contribution in [0.25, 0.3) is 0 Å². The van der Waals surface area contributed by atoms with Crippen LogP contribution in [0.1, 0.15) is 20.3 Å². The molecule has 2 amide bonds. The van der Waals surface area contributed by atoms with Crippen molar-refractivity contribution in [2.24, 2.45) is 29.0 Å². The Balaban J connectivity index is -0.000000272. The lowest BCUT2D eigenvalue weighted by Gasteiger charge is -2.04. The molecular formula is C12H26N4O7. The smallest absolute Gasteiger partial charge is 0.312 e. The van der Waals surface area contributed by atoms with Crippen LogP contribution in [0, 0.1) is 11.8 Å². The first-order chi connectivity index (χ1) is 10.5. The molecule has 0 fully saturated rings. The van der Waals surface area contributed by atoms with E-state index >= 15 is 0 Å². The van der Waals surface area contributed by atoms with E-state index in [0.29, 0.717) is 0 Å². The van der Waals surface area contributed by atoms with Crippen molar-refractivity contribution in [3.8, 4) is 0 Å². The summed E-state index contributed by atoms with van der Waals surface area (Å²) in [6.07, 6.45) is 0.0694. The molecule has 10 N–H and O–H groups in total. The highest BCUT2D eigenvalue weighted by molar-refractivity contribution is 5.74. The lowest BCUT2D eigenvalue weighted by molar-refractivity contribution is -0.141. The fourth-order valence-electron chi connectivity index (χ4n) is 0.565. The Morgan fingerprint density at radius 1 is 0.957 bits per heavy atom. The third-order valence-electron chi connectivity index (χ3n) is 2.14. The molecule has 2 unspecified atom stereocenters. The predicted molar refractivity (Wildman–Crippen MR) is 81.5 cm³/mol. The second kappa shape index (κ2) is 16.0. The number of carboxylic acid groups (broad SMARTS) is 3. The SMILES string of the molecule is CC(CN)C(=O)O.CC(CNC(N)=O)C(=O)O.NCCC(=O)O. The number of nitrogens with two attached hydrogens (primary N) is 3. The molecule has 0 aliphatic rings. The fourth-order valence-corrected chi connectivity index (χ4v) is 0.565. The highest BCUT2D eigenvalue weighted by Crippen LogP contribution is 1.90. The summed E-state index contributed by atoms with van der Waals surface area (Å²) in [6.45, 7) is 3.58. The molecule has 0 radical (unpaired) electrons. The fraction of sp³-hybridized carbons (Fsp3) is 0.667. The predicted octanol–water partition coefficient (Wildman–Crippen LogP) is -1.54. The first-order valence-corrected chi connectivity index (χ1v) is 6.60. The number of nitrogens with one attached hydrogen (secondary N) is 1. The number of carbonyl (C=O) groups is 4. The van der Waals surface area contributed by atoms with Gasteiger partial charge in [-0.05, 0) is 0 Å². The van der Waals surface area contributed by atoms with Gasteiger partial charge in [0.25, 0.3) is 0 Å². The van der Waals surface area contributed by atoms with Gasteiger partial charge in [-0.1, -0.05) is 13.8 Å². The van der Waals surface area contributed by atoms with Gasteiger partial charge in [0.2, 0.25) is 0 Å². The molecule has 11 nitrogen and oxygen atoms in total. The van der Waals surface area contributed by atoms with E-state index in [2.05, 4.69) is 5.32 Å². The molecule has 0 heterocycles. The van der Waals surface area contributed by atoms with Gasteiger partial charge in [-0.25, -0.2) is 4.79 Å². The minimum atomic E-state index is -0.950. The number of carbonyl (C=O) groups excluding carboxylic acids is 1. The summed E-state index contributed by atoms with van der Waals surface area (Å²) in [4.78, 5) is 39.5. The molecular weight excluding hydrogens is 312 g/mol. The topological polar surface area (TPSA) is 219 Å². The molecule has 0 bridgehead atoms. The summed E-state index contributed by atoms with van der Waals surface area (Å²) in [5, 5.41) is 26.4. The van der Waals surface area contributed by atoms with Crippen molar-refractivity contribution in [2.45, 2.75) is 20.3 Å². The molecule has 0 aromatic rings. The average Bonchev–Trinajstić information content (AvgIpc) is 2.44. The van der Waals surface area contributed by atoms with Crippen LogP contribution in [0.3, 0.4) is 0 Å². The maximum Gasteiger partial charge on any atom is 0.312 e. The standard InChI is InChI=1S/C5H10N2O3.C4H9NO2.C3H7NO2/c1-3(4(8)9)2-7-5(6)10;1-3(2-5)4(6)7;4-2-1-3(5)6/h3H,2H2,1H3,(H,8,9)(H3,6,7,10);3H,2,5H2,1H3,(H,6,7);1-2,4H2,(H,5,6). The highest BCUT2D eigenvalue weighted by Gasteiger charge is 2.10. The van der Waals surface area contributed by atoms with Gasteiger partial charge in [0, 0.05) is 19.6 Å². The zero-order valence-corrected chi connectivity index (χ0v) is 13.2. The molecule has 11 heteroatoms. The van der Waals surface area contributed by atoms with Crippen LogP contribution >= 0.6 is 0 Å². The van der Waals surface area contributed by atoms with E-state index in [0.717, 1.165) is 0 Å². The van der Waals surface area contributed by atoms with Gasteiger partial charge >= 0.3 is 23.9 Å². The van der Waals surface area contributed by atoms with Crippen molar-refractivity contribution in [3.05, 3.63) is 0 Å². The van der Waals surface area contributed by atoms with Crippen molar-refractivity contribution >= 4 is 23.9 Å². The van der Waals surface area contributed by atoms with Crippen molar-refractivity contribution in [2.75, 3.05) is 19.6 Å². The normalized spacial score (nSPS) is 11.5. The van der Waals surface area contributed by atoms with Crippen molar-refractivity contribution in [1.29, 1.82) is 0 Å². The zero-order chi connectivity index (χ0) is 19.0. The summed E-state index contributed by atoms with van der Waals surface area (Å²) < 4.78 is 0. The number of amides is 2. The maximum atomic E-state index is 10.1. The number of urea groups is 1. The molecule has 0 aliphatic heterocycles. The largest absolute Gasteiger partial charge is 0.481 e. The van der Waals surface area contributed by atoms with Crippen LogP contribution in [0.15, 0.2) is 0 Å². The van der Waals surface area contributed by atoms with Gasteiger partial charge in [0.15, 0.2) is 0 Å². The molecule has 23 heavy (non-hydrogen) atoms. The van der Waals surface area contributed by atoms with Gasteiger partial charge in [-0.2, -0.15) is 0 Å². The van der Waals surface area contributed by atoms with Crippen molar-refractivity contribution in [1.82, 2.24) is 5.32 Å². The molecule has 0 aromatic carbocycles. The van der Waals surface area contributed by atoms with E-state index in [4.69, 9.17) is 32.5 Å². The molecule has 0 saturated heterocycles. The summed E-state index contributed by atoms with van der Waals surface area (Å²) in [7, 11) is 0. The number of hydrogen-bond donors (Lipinski definition) is 7. The quantitative estimate of drug-likeness (QED) is 0.285. The summed E-state index contributed by atoms with van der Waals surface area (Å²) in [6, 6.07) is -0.701. The van der Waals surface area contributed by atoms with Crippen LogP contribution in [0.2, 0.25) is 0 Å². The number of primary amides is 1. The Kier molecular flexibility index (Phi) is 17.7. The number of aliphatic carboxylic acids is 3. The molecule has 0 saturated carbocycles. The van der Waals surface area contributed by atoms with E-state index in [1.54, 1.807) is 6.92 Å². The summed E-state index contributed by atoms with van der Waals surface area (Å²) in [5.74, 6) is -3.61. The lowest BCUT2D eigenvalue weighted by Crippen LogP contribution is -2.35. The van der Waals surface area contributed by atoms with Gasteiger partial charge in [-0.3, -0.25) is 14.4 Å². The van der Waals surface area contributed by atoms with Gasteiger partial charge in [0.05, 0.1) is 18.3 Å². The van der Waals surface area contributed by atoms with Crippen molar-refractivity contribution in [3.63, 3.8) is 0 Å². The Morgan fingerprint density at radius 3 is 1.52 bits per heavy atom. The Hall–Kier alpha value is -2.40. The second-order valence-corrected chi connectivity index (χ2v) is 4.39. The van der Waals surface area contributed by atoms with Gasteiger partial charge in [-0.15, -0.1) is 0 Å². The highest BCUT2D eigenvalue weighted by atomic mass is 16.4. The Bertz CT molecular complexity index is 376. The van der Waals surface area contributed by atoms with Gasteiger partial charge in [0.1, 0.15) is 0 Å². The van der Waals surface area contributed by atoms with E-state index < -0.39 is 35.8 Å². The molecule has 0 aromatic heterocycles. The van der Waals surface area contributed by atoms with E-state index in [1.807, 2.05) is 0 Å². The molecule has 0 spiro atoms. The number of hydrogen-bond acceptors (Lipinski definition) is 6. The number of carboxylic acids is 3. The minimum Gasteiger partial charge on any atom is -0.481 e. The molecule has 2 atom stereocenters. The lowest BCUT2D eigenvalue weighted by atomic mass is 10.2. The minimum absolute atomic E-state index is 0.0694. The van der Waals surface area contributed by atoms with Crippen molar-refractivity contribution < 1.29 is 34.5 Å². The van der Waals surface area contributed by atoms with Crippen LogP contribution in [-0.4, -0.2) is 58.9 Å². The Labute approximate surface area is 133 Å². The molecule has 0 rings (SSSR count). The van der Waals surface area contributed by atoms with E-state index in [1.165, 1.54) is 6.92 Å². The average molecular weight is 338 g/mol. The van der Waals surface area contributed by atoms with Crippen LogP contribution in [0.4, 0.5) is 4.79 Å². The number of rotatable bonds is 7. The van der Waals surface area contributed by atoms with E-state index in [9.17, 15) is 19.2 Å². The Morgan fingerprint density at radius 2 is 1.39 bits per heavy atom. The summed E-state index contributed by atoms with van der Waals surface area (Å²) >= 11 is 0. The zero-order valence-electron chi connectivity index (χ0n) is 13.2. The van der Waals surface area contributed by atoms with E-state index in [-0.39, 0.29) is 26.1 Å². The first kappa shape index (κ1) is 25.5. The third kappa shape index (κ3) is 24.9. The van der Waals surface area contributed by atoms with Gasteiger partial charge < -0.3 is 37.8 Å². The van der Waals surface area contributed by atoms with Crippen LogP contribution in [-0.2, 0) is 14.4 Å². The molecule has 0 aliphatic carbocycles. The third-order valence-corrected chi connectivity index (χ3v) is 2.14. The first-order valence-electron chi connectivity index (χ1n) is 6.60. The molecule has 136 valence electrons. The maximum absolute atomic E-state index is 10.1. The monoisotopic (exact) mass is 338 g/mol. The second-order valence-electron chi connectivity index (χ2n) is 4.39. The van der Waals surface area contributed by atoms with Crippen LogP contribution < -0.4 is 22.5 Å². The summed E-state index contributed by atoms with van der Waals surface area (Å²) in [5.41, 5.74) is 14.5.